The zero-order valence-electron chi connectivity index (χ0n) is 18.1. The van der Waals surface area contributed by atoms with Gasteiger partial charge in [0.05, 0.1) is 13.2 Å². The second kappa shape index (κ2) is 11.4. The van der Waals surface area contributed by atoms with Gasteiger partial charge in [0.1, 0.15) is 17.5 Å². The Balaban J connectivity index is 1.66. The number of methoxy groups -OCH3 is 1. The molecule has 2 unspecified atom stereocenters. The third kappa shape index (κ3) is 6.72. The number of nitrogens with one attached hydrogen (secondary N) is 1. The van der Waals surface area contributed by atoms with Crippen LogP contribution in [-0.4, -0.2) is 55.7 Å². The number of carbonyl (C=O) groups is 2. The number of hydrogen-bond donors (Lipinski definition) is 1. The number of para-hydroxylation sites is 1. The van der Waals surface area contributed by atoms with Crippen molar-refractivity contribution in [2.45, 2.75) is 38.5 Å². The smallest absolute Gasteiger partial charge is 0.261 e. The van der Waals surface area contributed by atoms with Crippen LogP contribution in [0.3, 0.4) is 0 Å². The highest BCUT2D eigenvalue weighted by atomic mass is 16.5. The SMILES string of the molecule is COc1ccc(CN(C(=O)COc2ccccc2)C(C)C(=O)NCC2CCCO2)cc1. The topological polar surface area (TPSA) is 77.1 Å². The van der Waals surface area contributed by atoms with Gasteiger partial charge < -0.3 is 24.4 Å². The number of nitrogens with zero attached hydrogens (tertiary/aromatic N) is 1. The van der Waals surface area contributed by atoms with Crippen molar-refractivity contribution in [1.82, 2.24) is 10.2 Å². The Bertz CT molecular complexity index is 835. The van der Waals surface area contributed by atoms with E-state index in [-0.39, 0.29) is 31.1 Å². The van der Waals surface area contributed by atoms with Gasteiger partial charge in [0.15, 0.2) is 6.61 Å². The van der Waals surface area contributed by atoms with Crippen LogP contribution < -0.4 is 14.8 Å². The zero-order chi connectivity index (χ0) is 22.1. The molecule has 166 valence electrons. The van der Waals surface area contributed by atoms with E-state index in [1.807, 2.05) is 42.5 Å². The molecule has 0 radical (unpaired) electrons. The first-order chi connectivity index (χ1) is 15.1. The van der Waals surface area contributed by atoms with Crippen LogP contribution in [0, 0.1) is 0 Å². The quantitative estimate of drug-likeness (QED) is 0.632. The average molecular weight is 427 g/mol. The Hall–Kier alpha value is -3.06. The lowest BCUT2D eigenvalue weighted by atomic mass is 10.1. The maximum atomic E-state index is 13.0. The van der Waals surface area contributed by atoms with Crippen molar-refractivity contribution in [3.05, 3.63) is 60.2 Å². The highest BCUT2D eigenvalue weighted by Gasteiger charge is 2.27. The molecule has 1 fully saturated rings. The van der Waals surface area contributed by atoms with E-state index in [1.165, 1.54) is 4.90 Å². The Morgan fingerprint density at radius 1 is 1.13 bits per heavy atom. The number of hydrogen-bond acceptors (Lipinski definition) is 5. The monoisotopic (exact) mass is 426 g/mol. The number of amides is 2. The molecule has 1 aliphatic heterocycles. The predicted octanol–water partition coefficient (Wildman–Crippen LogP) is 2.79. The van der Waals surface area contributed by atoms with E-state index < -0.39 is 6.04 Å². The van der Waals surface area contributed by atoms with Crippen LogP contribution in [-0.2, 0) is 20.9 Å². The number of rotatable bonds is 10. The van der Waals surface area contributed by atoms with E-state index in [2.05, 4.69) is 5.32 Å². The van der Waals surface area contributed by atoms with E-state index in [0.717, 1.165) is 30.8 Å². The Labute approximate surface area is 183 Å². The molecule has 7 heteroatoms. The van der Waals surface area contributed by atoms with Crippen molar-refractivity contribution in [3.63, 3.8) is 0 Å². The molecule has 1 heterocycles. The molecule has 2 aromatic rings. The van der Waals surface area contributed by atoms with Crippen molar-refractivity contribution < 1.29 is 23.8 Å². The largest absolute Gasteiger partial charge is 0.497 e. The minimum Gasteiger partial charge on any atom is -0.497 e. The summed E-state index contributed by atoms with van der Waals surface area (Å²) in [6.45, 7) is 3.05. The van der Waals surface area contributed by atoms with Crippen molar-refractivity contribution in [2.24, 2.45) is 0 Å². The lowest BCUT2D eigenvalue weighted by Gasteiger charge is -2.29. The first kappa shape index (κ1) is 22.6. The lowest BCUT2D eigenvalue weighted by molar-refractivity contribution is -0.142. The van der Waals surface area contributed by atoms with Gasteiger partial charge in [-0.15, -0.1) is 0 Å². The summed E-state index contributed by atoms with van der Waals surface area (Å²) < 4.78 is 16.4. The standard InChI is InChI=1S/C24H30N2O5/c1-18(24(28)25-15-22-9-6-14-30-22)26(16-19-10-12-20(29-2)13-11-19)23(27)17-31-21-7-4-3-5-8-21/h3-5,7-8,10-13,18,22H,6,9,14-17H2,1-2H3,(H,25,28). The summed E-state index contributed by atoms with van der Waals surface area (Å²) in [5.74, 6) is 0.864. The van der Waals surface area contributed by atoms with E-state index >= 15 is 0 Å². The molecular weight excluding hydrogens is 396 g/mol. The predicted molar refractivity (Wildman–Crippen MR) is 117 cm³/mol. The maximum Gasteiger partial charge on any atom is 0.261 e. The molecule has 1 saturated heterocycles. The summed E-state index contributed by atoms with van der Waals surface area (Å²) in [6, 6.07) is 15.9. The van der Waals surface area contributed by atoms with Crippen molar-refractivity contribution in [1.29, 1.82) is 0 Å². The van der Waals surface area contributed by atoms with Gasteiger partial charge in [-0.2, -0.15) is 0 Å². The molecule has 2 amide bonds. The Morgan fingerprint density at radius 3 is 2.52 bits per heavy atom. The van der Waals surface area contributed by atoms with Crippen LogP contribution in [0.2, 0.25) is 0 Å². The molecule has 31 heavy (non-hydrogen) atoms. The molecule has 0 spiro atoms. The summed E-state index contributed by atoms with van der Waals surface area (Å²) in [7, 11) is 1.60. The van der Waals surface area contributed by atoms with Crippen LogP contribution in [0.1, 0.15) is 25.3 Å². The van der Waals surface area contributed by atoms with Gasteiger partial charge in [-0.05, 0) is 49.6 Å². The normalized spacial score (nSPS) is 16.4. The van der Waals surface area contributed by atoms with Gasteiger partial charge in [0.2, 0.25) is 5.91 Å². The lowest BCUT2D eigenvalue weighted by Crippen LogP contribution is -2.50. The number of carbonyl (C=O) groups excluding carboxylic acids is 2. The fourth-order valence-corrected chi connectivity index (χ4v) is 3.42. The molecule has 0 bridgehead atoms. The van der Waals surface area contributed by atoms with Crippen molar-refractivity contribution >= 4 is 11.8 Å². The Kier molecular flexibility index (Phi) is 8.29. The molecule has 1 N–H and O–H groups in total. The van der Waals surface area contributed by atoms with Crippen LogP contribution >= 0.6 is 0 Å². The molecule has 7 nitrogen and oxygen atoms in total. The van der Waals surface area contributed by atoms with Gasteiger partial charge >= 0.3 is 0 Å². The minimum atomic E-state index is -0.657. The van der Waals surface area contributed by atoms with E-state index in [9.17, 15) is 9.59 Å². The van der Waals surface area contributed by atoms with E-state index in [0.29, 0.717) is 12.3 Å². The minimum absolute atomic E-state index is 0.0447. The van der Waals surface area contributed by atoms with Crippen LogP contribution in [0.15, 0.2) is 54.6 Å². The molecule has 2 atom stereocenters. The number of benzene rings is 2. The summed E-state index contributed by atoms with van der Waals surface area (Å²) in [4.78, 5) is 27.3. The van der Waals surface area contributed by atoms with Crippen LogP contribution in [0.5, 0.6) is 11.5 Å². The number of ether oxygens (including phenoxy) is 3. The van der Waals surface area contributed by atoms with Gasteiger partial charge in [0.25, 0.3) is 5.91 Å². The van der Waals surface area contributed by atoms with Crippen molar-refractivity contribution in [3.8, 4) is 11.5 Å². The molecule has 2 aromatic carbocycles. The molecule has 0 saturated carbocycles. The zero-order valence-corrected chi connectivity index (χ0v) is 18.1. The fraction of sp³-hybridized carbons (Fsp3) is 0.417. The molecular formula is C24H30N2O5. The Morgan fingerprint density at radius 2 is 1.87 bits per heavy atom. The van der Waals surface area contributed by atoms with Gasteiger partial charge in [-0.3, -0.25) is 9.59 Å². The average Bonchev–Trinajstić information content (AvgIpc) is 3.34. The molecule has 1 aliphatic rings. The summed E-state index contributed by atoms with van der Waals surface area (Å²) in [5.41, 5.74) is 0.896. The second-order valence-electron chi connectivity index (χ2n) is 7.53. The van der Waals surface area contributed by atoms with Gasteiger partial charge in [0, 0.05) is 19.7 Å². The molecule has 0 aromatic heterocycles. The summed E-state index contributed by atoms with van der Waals surface area (Å²) >= 11 is 0. The second-order valence-corrected chi connectivity index (χ2v) is 7.53. The highest BCUT2D eigenvalue weighted by Crippen LogP contribution is 2.16. The van der Waals surface area contributed by atoms with Crippen LogP contribution in [0.25, 0.3) is 0 Å². The van der Waals surface area contributed by atoms with E-state index in [1.54, 1.807) is 26.2 Å². The first-order valence-corrected chi connectivity index (χ1v) is 10.6. The summed E-state index contributed by atoms with van der Waals surface area (Å²) in [6.07, 6.45) is 1.99. The van der Waals surface area contributed by atoms with Crippen molar-refractivity contribution in [2.75, 3.05) is 26.9 Å². The summed E-state index contributed by atoms with van der Waals surface area (Å²) in [5, 5.41) is 2.92. The third-order valence-corrected chi connectivity index (χ3v) is 5.31. The third-order valence-electron chi connectivity index (χ3n) is 5.31. The van der Waals surface area contributed by atoms with E-state index in [4.69, 9.17) is 14.2 Å². The first-order valence-electron chi connectivity index (χ1n) is 10.6. The molecule has 3 rings (SSSR count). The highest BCUT2D eigenvalue weighted by molar-refractivity contribution is 5.88. The van der Waals surface area contributed by atoms with Gasteiger partial charge in [-0.1, -0.05) is 30.3 Å². The maximum absolute atomic E-state index is 13.0. The van der Waals surface area contributed by atoms with Crippen LogP contribution in [0.4, 0.5) is 0 Å². The fourth-order valence-electron chi connectivity index (χ4n) is 3.42. The van der Waals surface area contributed by atoms with Gasteiger partial charge in [-0.25, -0.2) is 0 Å². The molecule has 0 aliphatic carbocycles.